The van der Waals surface area contributed by atoms with Crippen LogP contribution in [0.2, 0.25) is 0 Å². The Morgan fingerprint density at radius 1 is 1.21 bits per heavy atom. The van der Waals surface area contributed by atoms with E-state index in [9.17, 15) is 24.3 Å². The average molecular weight is 390 g/mol. The second kappa shape index (κ2) is 9.84. The highest BCUT2D eigenvalue weighted by molar-refractivity contribution is 5.92. The summed E-state index contributed by atoms with van der Waals surface area (Å²) in [5.41, 5.74) is 11.7. The Morgan fingerprint density at radius 2 is 1.89 bits per heavy atom. The number of carboxylic acid groups (broad SMARTS) is 1. The number of rotatable bonds is 9. The molecule has 0 aliphatic carbocycles. The number of primary amides is 1. The summed E-state index contributed by atoms with van der Waals surface area (Å²) in [6.07, 6.45) is 1.27. The molecule has 3 atom stereocenters. The zero-order valence-corrected chi connectivity index (χ0v) is 15.5. The van der Waals surface area contributed by atoms with Gasteiger partial charge >= 0.3 is 5.97 Å². The molecule has 0 saturated carbocycles. The van der Waals surface area contributed by atoms with E-state index in [-0.39, 0.29) is 19.3 Å². The molecule has 1 aliphatic heterocycles. The van der Waals surface area contributed by atoms with Gasteiger partial charge in [0, 0.05) is 19.4 Å². The van der Waals surface area contributed by atoms with Crippen LogP contribution in [0.5, 0.6) is 0 Å². The summed E-state index contributed by atoms with van der Waals surface area (Å²) in [6.45, 7) is 0.359. The van der Waals surface area contributed by atoms with Crippen molar-refractivity contribution in [2.45, 2.75) is 50.2 Å². The van der Waals surface area contributed by atoms with Crippen LogP contribution in [0.4, 0.5) is 0 Å². The molecule has 1 heterocycles. The van der Waals surface area contributed by atoms with Crippen molar-refractivity contribution in [1.29, 1.82) is 0 Å². The highest BCUT2D eigenvalue weighted by Gasteiger charge is 2.37. The lowest BCUT2D eigenvalue weighted by Gasteiger charge is -2.27. The third kappa shape index (κ3) is 5.78. The zero-order chi connectivity index (χ0) is 20.7. The van der Waals surface area contributed by atoms with Gasteiger partial charge < -0.3 is 26.8 Å². The molecule has 3 unspecified atom stereocenters. The lowest BCUT2D eigenvalue weighted by molar-refractivity contribution is -0.144. The molecule has 1 aliphatic rings. The molecule has 1 fully saturated rings. The van der Waals surface area contributed by atoms with Crippen molar-refractivity contribution in [2.24, 2.45) is 11.5 Å². The van der Waals surface area contributed by atoms with E-state index >= 15 is 0 Å². The minimum atomic E-state index is -1.15. The SMILES string of the molecule is NC(=O)CCC(N)C(=O)N1CCCC1C(=O)NC(Cc1ccccc1)C(=O)O. The van der Waals surface area contributed by atoms with E-state index in [4.69, 9.17) is 11.5 Å². The van der Waals surface area contributed by atoms with Crippen molar-refractivity contribution in [1.82, 2.24) is 10.2 Å². The van der Waals surface area contributed by atoms with Gasteiger partial charge in [0.2, 0.25) is 17.7 Å². The maximum Gasteiger partial charge on any atom is 0.326 e. The Balaban J connectivity index is 2.01. The minimum absolute atomic E-state index is 0.0181. The number of hydrogen-bond acceptors (Lipinski definition) is 5. The largest absolute Gasteiger partial charge is 0.480 e. The summed E-state index contributed by atoms with van der Waals surface area (Å²) in [6, 6.07) is 6.17. The van der Waals surface area contributed by atoms with Crippen LogP contribution in [0, 0.1) is 0 Å². The van der Waals surface area contributed by atoms with Crippen LogP contribution in [0.25, 0.3) is 0 Å². The third-order valence-electron chi connectivity index (χ3n) is 4.75. The van der Waals surface area contributed by atoms with Crippen LogP contribution in [0.15, 0.2) is 30.3 Å². The number of likely N-dealkylation sites (tertiary alicyclic amines) is 1. The first kappa shape index (κ1) is 21.4. The molecular weight excluding hydrogens is 364 g/mol. The van der Waals surface area contributed by atoms with E-state index in [1.165, 1.54) is 4.90 Å². The van der Waals surface area contributed by atoms with Gasteiger partial charge in [-0.3, -0.25) is 14.4 Å². The molecule has 1 aromatic rings. The quantitative estimate of drug-likeness (QED) is 0.440. The third-order valence-corrected chi connectivity index (χ3v) is 4.75. The maximum absolute atomic E-state index is 12.7. The number of hydrogen-bond donors (Lipinski definition) is 4. The van der Waals surface area contributed by atoms with E-state index in [1.54, 1.807) is 24.3 Å². The van der Waals surface area contributed by atoms with Crippen molar-refractivity contribution in [3.05, 3.63) is 35.9 Å². The van der Waals surface area contributed by atoms with Crippen molar-refractivity contribution in [3.8, 4) is 0 Å². The molecule has 2 rings (SSSR count). The first-order valence-corrected chi connectivity index (χ1v) is 9.21. The van der Waals surface area contributed by atoms with E-state index in [1.807, 2.05) is 6.07 Å². The first-order chi connectivity index (χ1) is 13.3. The zero-order valence-electron chi connectivity index (χ0n) is 15.5. The normalized spacial score (nSPS) is 18.3. The van der Waals surface area contributed by atoms with Gasteiger partial charge in [-0.05, 0) is 24.8 Å². The molecule has 1 aromatic carbocycles. The molecule has 9 heteroatoms. The van der Waals surface area contributed by atoms with E-state index in [2.05, 4.69) is 5.32 Å². The van der Waals surface area contributed by atoms with Gasteiger partial charge in [0.1, 0.15) is 12.1 Å². The Labute approximate surface area is 163 Å². The highest BCUT2D eigenvalue weighted by Crippen LogP contribution is 2.19. The molecular formula is C19H26N4O5. The molecule has 9 nitrogen and oxygen atoms in total. The van der Waals surface area contributed by atoms with Crippen molar-refractivity contribution >= 4 is 23.7 Å². The van der Waals surface area contributed by atoms with Crippen molar-refractivity contribution in [2.75, 3.05) is 6.54 Å². The second-order valence-corrected chi connectivity index (χ2v) is 6.89. The lowest BCUT2D eigenvalue weighted by atomic mass is 10.0. The Kier molecular flexibility index (Phi) is 7.51. The molecule has 1 saturated heterocycles. The maximum atomic E-state index is 12.7. The molecule has 0 aromatic heterocycles. The summed E-state index contributed by atoms with van der Waals surface area (Å²) in [4.78, 5) is 49.0. The minimum Gasteiger partial charge on any atom is -0.480 e. The highest BCUT2D eigenvalue weighted by atomic mass is 16.4. The van der Waals surface area contributed by atoms with E-state index < -0.39 is 41.8 Å². The van der Waals surface area contributed by atoms with E-state index in [0.29, 0.717) is 19.4 Å². The summed E-state index contributed by atoms with van der Waals surface area (Å²) < 4.78 is 0. The molecule has 152 valence electrons. The molecule has 6 N–H and O–H groups in total. The number of amides is 3. The Morgan fingerprint density at radius 3 is 2.50 bits per heavy atom. The van der Waals surface area contributed by atoms with Crippen LogP contribution in [-0.2, 0) is 25.6 Å². The van der Waals surface area contributed by atoms with Gasteiger partial charge in [0.25, 0.3) is 0 Å². The van der Waals surface area contributed by atoms with Gasteiger partial charge in [0.05, 0.1) is 6.04 Å². The van der Waals surface area contributed by atoms with Gasteiger partial charge in [-0.2, -0.15) is 0 Å². The van der Waals surface area contributed by atoms with Crippen LogP contribution >= 0.6 is 0 Å². The van der Waals surface area contributed by atoms with Crippen LogP contribution < -0.4 is 16.8 Å². The number of nitrogens with one attached hydrogen (secondary N) is 1. The number of carbonyl (C=O) groups excluding carboxylic acids is 3. The Bertz CT molecular complexity index is 724. The lowest BCUT2D eigenvalue weighted by Crippen LogP contribution is -2.54. The average Bonchev–Trinajstić information content (AvgIpc) is 3.15. The Hall–Kier alpha value is -2.94. The van der Waals surface area contributed by atoms with Gasteiger partial charge in [-0.15, -0.1) is 0 Å². The topological polar surface area (TPSA) is 156 Å². The fraction of sp³-hybridized carbons (Fsp3) is 0.474. The van der Waals surface area contributed by atoms with E-state index in [0.717, 1.165) is 5.56 Å². The second-order valence-electron chi connectivity index (χ2n) is 6.89. The number of benzene rings is 1. The monoisotopic (exact) mass is 390 g/mol. The molecule has 28 heavy (non-hydrogen) atoms. The number of nitrogens with two attached hydrogens (primary N) is 2. The van der Waals surface area contributed by atoms with Crippen molar-refractivity contribution in [3.63, 3.8) is 0 Å². The fourth-order valence-electron chi connectivity index (χ4n) is 3.26. The molecule has 0 bridgehead atoms. The van der Waals surface area contributed by atoms with Gasteiger partial charge in [-0.25, -0.2) is 4.79 Å². The summed E-state index contributed by atoms with van der Waals surface area (Å²) in [7, 11) is 0. The van der Waals surface area contributed by atoms with Gasteiger partial charge in [-0.1, -0.05) is 30.3 Å². The van der Waals surface area contributed by atoms with Crippen LogP contribution in [0.1, 0.15) is 31.2 Å². The smallest absolute Gasteiger partial charge is 0.326 e. The summed E-state index contributed by atoms with van der Waals surface area (Å²) in [5.74, 6) is -2.65. The summed E-state index contributed by atoms with van der Waals surface area (Å²) in [5, 5.41) is 12.0. The van der Waals surface area contributed by atoms with Crippen LogP contribution in [-0.4, -0.2) is 58.4 Å². The number of carboxylic acids is 1. The number of aliphatic carboxylic acids is 1. The van der Waals surface area contributed by atoms with Gasteiger partial charge in [0.15, 0.2) is 0 Å². The number of carbonyl (C=O) groups is 4. The predicted octanol–water partition coefficient (Wildman–Crippen LogP) is -0.618. The first-order valence-electron chi connectivity index (χ1n) is 9.21. The molecule has 3 amide bonds. The number of nitrogens with zero attached hydrogens (tertiary/aromatic N) is 1. The molecule has 0 radical (unpaired) electrons. The standard InChI is InChI=1S/C19H26N4O5/c20-13(8-9-16(21)24)18(26)23-10-4-7-15(23)17(25)22-14(19(27)28)11-12-5-2-1-3-6-12/h1-3,5-6,13-15H,4,7-11,20H2,(H2,21,24)(H,22,25)(H,27,28). The van der Waals surface area contributed by atoms with Crippen molar-refractivity contribution < 1.29 is 24.3 Å². The summed E-state index contributed by atoms with van der Waals surface area (Å²) >= 11 is 0. The fourth-order valence-corrected chi connectivity index (χ4v) is 3.26. The van der Waals surface area contributed by atoms with Crippen LogP contribution in [0.3, 0.4) is 0 Å². The predicted molar refractivity (Wildman–Crippen MR) is 101 cm³/mol. The molecule has 0 spiro atoms.